The molecule has 0 aliphatic heterocycles. The van der Waals surface area contributed by atoms with Gasteiger partial charge in [0, 0.05) is 26.0 Å². The van der Waals surface area contributed by atoms with Gasteiger partial charge in [-0.2, -0.15) is 0 Å². The number of carbonyl (C=O) groups excluding carboxylic acids is 2. The molecule has 9 atom stereocenters. The summed E-state index contributed by atoms with van der Waals surface area (Å²) in [5, 5.41) is 13.4. The lowest BCUT2D eigenvalue weighted by molar-refractivity contribution is -0.130. The van der Waals surface area contributed by atoms with Crippen LogP contribution in [-0.4, -0.2) is 55.9 Å². The first-order chi connectivity index (χ1) is 19.6. The molecule has 0 saturated heterocycles. The molecule has 0 radical (unpaired) electrons. The zero-order valence-electron chi connectivity index (χ0n) is 26.6. The number of fused-ring (bicyclic) bond motifs is 5. The third kappa shape index (κ3) is 7.65. The quantitative estimate of drug-likeness (QED) is 0.173. The van der Waals surface area contributed by atoms with Crippen molar-refractivity contribution in [3.05, 3.63) is 12.2 Å². The van der Waals surface area contributed by atoms with Gasteiger partial charge >= 0.3 is 0 Å². The van der Waals surface area contributed by atoms with Crippen molar-refractivity contribution < 1.29 is 24.2 Å². The summed E-state index contributed by atoms with van der Waals surface area (Å²) in [5.74, 6) is 4.79. The fourth-order valence-corrected chi connectivity index (χ4v) is 9.99. The lowest BCUT2D eigenvalue weighted by Crippen LogP contribution is -2.54. The number of Topliss-reactive ketones (excluding diaryl/α,β-unsaturated/α-hetero) is 1. The second-order valence-electron chi connectivity index (χ2n) is 14.7. The van der Waals surface area contributed by atoms with Crippen LogP contribution in [0, 0.1) is 46.3 Å². The van der Waals surface area contributed by atoms with Crippen molar-refractivity contribution in [3.63, 3.8) is 0 Å². The number of carbonyl (C=O) groups is 2. The van der Waals surface area contributed by atoms with Crippen LogP contribution in [0.1, 0.15) is 111 Å². The van der Waals surface area contributed by atoms with Gasteiger partial charge in [0.1, 0.15) is 0 Å². The second-order valence-corrected chi connectivity index (χ2v) is 14.7. The highest BCUT2D eigenvalue weighted by Gasteiger charge is 2.60. The number of aliphatic hydroxyl groups excluding tert-OH is 1. The summed E-state index contributed by atoms with van der Waals surface area (Å²) in [5.41, 5.74) is 1.46. The zero-order chi connectivity index (χ0) is 29.6. The molecule has 234 valence electrons. The topological polar surface area (TPSA) is 84.9 Å². The molecule has 41 heavy (non-hydrogen) atoms. The fraction of sp³-hybridized carbons (Fsp3) is 0.886. The Kier molecular flexibility index (Phi) is 11.5. The molecule has 4 unspecified atom stereocenters. The largest absolute Gasteiger partial charge is 0.393 e. The van der Waals surface area contributed by atoms with E-state index in [2.05, 4.69) is 32.7 Å². The minimum Gasteiger partial charge on any atom is -0.393 e. The van der Waals surface area contributed by atoms with Crippen LogP contribution in [0.3, 0.4) is 0 Å². The Hall–Kier alpha value is -1.24. The summed E-state index contributed by atoms with van der Waals surface area (Å²) in [7, 11) is 0. The predicted molar refractivity (Wildman–Crippen MR) is 163 cm³/mol. The molecule has 6 nitrogen and oxygen atoms in total. The number of ketones is 1. The Balaban J connectivity index is 1.11. The third-order valence-electron chi connectivity index (χ3n) is 12.3. The molecular formula is C35H59NO5. The van der Waals surface area contributed by atoms with Gasteiger partial charge in [0.2, 0.25) is 5.91 Å². The van der Waals surface area contributed by atoms with Gasteiger partial charge in [-0.1, -0.05) is 27.4 Å². The molecule has 0 heterocycles. The highest BCUT2D eigenvalue weighted by atomic mass is 16.5. The molecule has 4 fully saturated rings. The summed E-state index contributed by atoms with van der Waals surface area (Å²) < 4.78 is 11.1. The molecule has 2 N–H and O–H groups in total. The minimum atomic E-state index is -0.0682. The van der Waals surface area contributed by atoms with Crippen molar-refractivity contribution in [2.45, 2.75) is 117 Å². The van der Waals surface area contributed by atoms with Crippen molar-refractivity contribution in [3.8, 4) is 0 Å². The Labute approximate surface area is 249 Å². The number of nitrogens with one attached hydrogen (secondary N) is 1. The normalized spacial score (nSPS) is 37.0. The number of hydrogen-bond donors (Lipinski definition) is 2. The summed E-state index contributed by atoms with van der Waals surface area (Å²) in [4.78, 5) is 24.1. The van der Waals surface area contributed by atoms with Crippen LogP contribution in [-0.2, 0) is 19.1 Å². The maximum Gasteiger partial charge on any atom is 0.220 e. The molecule has 6 heteroatoms. The number of amides is 1. The summed E-state index contributed by atoms with van der Waals surface area (Å²) in [6.45, 7) is 15.5. The maximum atomic E-state index is 12.6. The predicted octanol–water partition coefficient (Wildman–Crippen LogP) is 6.50. The van der Waals surface area contributed by atoms with E-state index in [4.69, 9.17) is 9.47 Å². The van der Waals surface area contributed by atoms with Crippen molar-refractivity contribution >= 4 is 11.7 Å². The van der Waals surface area contributed by atoms with Crippen LogP contribution < -0.4 is 5.32 Å². The lowest BCUT2D eigenvalue weighted by atomic mass is 9.44. The Bertz CT molecular complexity index is 905. The second kappa shape index (κ2) is 14.5. The summed E-state index contributed by atoms with van der Waals surface area (Å²) in [6.07, 6.45) is 14.0. The van der Waals surface area contributed by atoms with E-state index in [9.17, 15) is 14.7 Å². The van der Waals surface area contributed by atoms with Crippen molar-refractivity contribution in [2.24, 2.45) is 46.3 Å². The van der Waals surface area contributed by atoms with E-state index in [0.717, 1.165) is 48.9 Å². The molecule has 4 aliphatic carbocycles. The number of ether oxygens (including phenoxy) is 2. The molecular weight excluding hydrogens is 514 g/mol. The highest BCUT2D eigenvalue weighted by molar-refractivity contribution is 5.93. The first-order valence-electron chi connectivity index (χ1n) is 16.8. The van der Waals surface area contributed by atoms with Gasteiger partial charge in [-0.25, -0.2) is 0 Å². The van der Waals surface area contributed by atoms with E-state index in [-0.39, 0.29) is 17.8 Å². The Morgan fingerprint density at radius 2 is 1.63 bits per heavy atom. The fourth-order valence-electron chi connectivity index (χ4n) is 9.99. The first kappa shape index (κ1) is 32.7. The van der Waals surface area contributed by atoms with Crippen molar-refractivity contribution in [2.75, 3.05) is 33.0 Å². The number of hydrogen-bond acceptors (Lipinski definition) is 5. The SMILES string of the molecule is C=C(C)C(=O)CCCOCCOCCNC(=O)CC[C@@H](C)[C@H]1CCC2C3CCC4C[C@H](O)CC[C@]4(C)C3CC[C@@]21C. The number of aliphatic hydroxyl groups is 1. The van der Waals surface area contributed by atoms with Crippen LogP contribution in [0.15, 0.2) is 12.2 Å². The van der Waals surface area contributed by atoms with Crippen LogP contribution in [0.5, 0.6) is 0 Å². The van der Waals surface area contributed by atoms with Crippen molar-refractivity contribution in [1.29, 1.82) is 0 Å². The highest BCUT2D eigenvalue weighted by Crippen LogP contribution is 2.68. The molecule has 1 amide bonds. The van der Waals surface area contributed by atoms with Gasteiger partial charge in [-0.05, 0) is 129 Å². The van der Waals surface area contributed by atoms with E-state index in [1.54, 1.807) is 6.92 Å². The van der Waals surface area contributed by atoms with Crippen LogP contribution >= 0.6 is 0 Å². The smallest absolute Gasteiger partial charge is 0.220 e. The number of rotatable bonds is 15. The van der Waals surface area contributed by atoms with E-state index in [1.165, 1.54) is 44.9 Å². The monoisotopic (exact) mass is 573 g/mol. The van der Waals surface area contributed by atoms with E-state index < -0.39 is 0 Å². The van der Waals surface area contributed by atoms with Gasteiger partial charge in [0.25, 0.3) is 0 Å². The molecule has 0 aromatic carbocycles. The van der Waals surface area contributed by atoms with Gasteiger partial charge in [-0.15, -0.1) is 0 Å². The third-order valence-corrected chi connectivity index (χ3v) is 12.3. The van der Waals surface area contributed by atoms with E-state index in [1.807, 2.05) is 0 Å². The average molecular weight is 574 g/mol. The molecule has 0 aromatic rings. The van der Waals surface area contributed by atoms with Crippen LogP contribution in [0.4, 0.5) is 0 Å². The molecule has 4 saturated carbocycles. The van der Waals surface area contributed by atoms with Crippen LogP contribution in [0.2, 0.25) is 0 Å². The lowest BCUT2D eigenvalue weighted by Gasteiger charge is -2.61. The molecule has 4 aliphatic rings. The molecule has 0 aromatic heterocycles. The molecule has 0 bridgehead atoms. The first-order valence-corrected chi connectivity index (χ1v) is 16.8. The standard InChI is InChI=1S/C35H59NO5/c1-24(2)32(38)7-6-19-40-21-22-41-20-18-36-33(39)13-8-25(3)29-11-12-30-28-10-9-26-23-27(37)14-16-34(26,4)31(28)15-17-35(29,30)5/h25-31,37H,1,6-23H2,2-5H3,(H,36,39)/t25-,26?,27-,28?,29-,30?,31?,34+,35-/m1/s1. The maximum absolute atomic E-state index is 12.6. The average Bonchev–Trinajstić information content (AvgIpc) is 3.30. The van der Waals surface area contributed by atoms with Crippen LogP contribution in [0.25, 0.3) is 0 Å². The van der Waals surface area contributed by atoms with Gasteiger partial charge in [0.05, 0.1) is 25.9 Å². The van der Waals surface area contributed by atoms with Gasteiger partial charge in [0.15, 0.2) is 5.78 Å². The van der Waals surface area contributed by atoms with Crippen molar-refractivity contribution in [1.82, 2.24) is 5.32 Å². The van der Waals surface area contributed by atoms with E-state index >= 15 is 0 Å². The zero-order valence-corrected chi connectivity index (χ0v) is 26.6. The van der Waals surface area contributed by atoms with E-state index in [0.29, 0.717) is 74.6 Å². The minimum absolute atomic E-state index is 0.0682. The van der Waals surface area contributed by atoms with Gasteiger partial charge < -0.3 is 19.9 Å². The molecule has 4 rings (SSSR count). The molecule has 0 spiro atoms. The number of allylic oxidation sites excluding steroid dienone is 1. The summed E-state index contributed by atoms with van der Waals surface area (Å²) in [6, 6.07) is 0. The Morgan fingerprint density at radius 1 is 0.927 bits per heavy atom. The van der Waals surface area contributed by atoms with Gasteiger partial charge in [-0.3, -0.25) is 9.59 Å². The Morgan fingerprint density at radius 3 is 2.39 bits per heavy atom. The summed E-state index contributed by atoms with van der Waals surface area (Å²) >= 11 is 0.